The van der Waals surface area contributed by atoms with Crippen LogP contribution in [0.4, 0.5) is 9.93 Å². The molecular formula is C19H19N3O3S. The number of carboxylic acid groups (broad SMARTS) is 1. The van der Waals surface area contributed by atoms with E-state index in [1.165, 1.54) is 0 Å². The second-order valence-corrected chi connectivity index (χ2v) is 7.37. The molecule has 0 aliphatic carbocycles. The molecule has 0 bridgehead atoms. The highest BCUT2D eigenvalue weighted by molar-refractivity contribution is 7.17. The average Bonchev–Trinajstić information content (AvgIpc) is 3.13. The monoisotopic (exact) mass is 369 g/mol. The van der Waals surface area contributed by atoms with Gasteiger partial charge in [0.15, 0.2) is 10.7 Å². The Labute approximate surface area is 155 Å². The van der Waals surface area contributed by atoms with Crippen LogP contribution in [0.5, 0.6) is 0 Å². The van der Waals surface area contributed by atoms with E-state index >= 15 is 0 Å². The van der Waals surface area contributed by atoms with Crippen LogP contribution in [0, 0.1) is 27.7 Å². The molecule has 1 aliphatic heterocycles. The maximum Gasteiger partial charge on any atom is 0.410 e. The molecule has 26 heavy (non-hydrogen) atoms. The predicted octanol–water partition coefficient (Wildman–Crippen LogP) is 4.19. The van der Waals surface area contributed by atoms with E-state index in [9.17, 15) is 9.59 Å². The number of aliphatic imine (C=N–C) groups is 1. The van der Waals surface area contributed by atoms with Crippen molar-refractivity contribution in [2.45, 2.75) is 33.2 Å². The summed E-state index contributed by atoms with van der Waals surface area (Å²) in [5.74, 6) is -0.203. The zero-order valence-corrected chi connectivity index (χ0v) is 15.8. The van der Waals surface area contributed by atoms with Crippen LogP contribution < -0.4 is 5.32 Å². The van der Waals surface area contributed by atoms with Crippen molar-refractivity contribution in [3.05, 3.63) is 57.1 Å². The number of rotatable bonds is 4. The molecule has 1 atom stereocenters. The van der Waals surface area contributed by atoms with Crippen LogP contribution in [0.25, 0.3) is 0 Å². The summed E-state index contributed by atoms with van der Waals surface area (Å²) in [5.41, 5.74) is 3.31. The Morgan fingerprint density at radius 1 is 1.15 bits per heavy atom. The number of ketones is 1. The van der Waals surface area contributed by atoms with Gasteiger partial charge in [-0.05, 0) is 56.5 Å². The van der Waals surface area contributed by atoms with E-state index in [1.54, 1.807) is 25.3 Å². The van der Waals surface area contributed by atoms with E-state index in [0.717, 1.165) is 33.6 Å². The van der Waals surface area contributed by atoms with Gasteiger partial charge in [-0.3, -0.25) is 15.1 Å². The van der Waals surface area contributed by atoms with Crippen LogP contribution in [-0.2, 0) is 5.54 Å². The Morgan fingerprint density at radius 2 is 1.81 bits per heavy atom. The third-order valence-corrected chi connectivity index (χ3v) is 5.39. The van der Waals surface area contributed by atoms with Crippen molar-refractivity contribution in [2.75, 3.05) is 5.32 Å². The molecule has 0 fully saturated rings. The highest BCUT2D eigenvalue weighted by Crippen LogP contribution is 2.40. The summed E-state index contributed by atoms with van der Waals surface area (Å²) in [6, 6.07) is 4.08. The fraction of sp³-hybridized carbons (Fsp3) is 0.263. The zero-order valence-electron chi connectivity index (χ0n) is 15.0. The number of amides is 1. The van der Waals surface area contributed by atoms with Gasteiger partial charge in [0.2, 0.25) is 5.78 Å². The van der Waals surface area contributed by atoms with E-state index in [4.69, 9.17) is 5.11 Å². The van der Waals surface area contributed by atoms with Gasteiger partial charge in [0, 0.05) is 6.21 Å². The molecular weight excluding hydrogens is 350 g/mol. The number of Topliss-reactive ketones (excluding diaryl/α,β-unsaturated/α-hetero) is 1. The molecule has 1 aliphatic rings. The van der Waals surface area contributed by atoms with Crippen LogP contribution in [-0.4, -0.2) is 28.2 Å². The Kier molecular flexibility index (Phi) is 4.50. The van der Waals surface area contributed by atoms with Crippen molar-refractivity contribution in [2.24, 2.45) is 4.99 Å². The molecule has 2 aromatic rings. The second kappa shape index (κ2) is 6.49. The topological polar surface area (TPSA) is 91.7 Å². The van der Waals surface area contributed by atoms with Crippen LogP contribution in [0.15, 0.2) is 29.3 Å². The van der Waals surface area contributed by atoms with E-state index in [2.05, 4.69) is 15.3 Å². The molecule has 3 rings (SSSR count). The summed E-state index contributed by atoms with van der Waals surface area (Å²) in [7, 11) is 0. The summed E-state index contributed by atoms with van der Waals surface area (Å²) >= 11 is 1.03. The van der Waals surface area contributed by atoms with Gasteiger partial charge in [-0.15, -0.1) is 0 Å². The first-order valence-corrected chi connectivity index (χ1v) is 8.90. The smallest absolute Gasteiger partial charge is 0.410 e. The third kappa shape index (κ3) is 2.94. The van der Waals surface area contributed by atoms with Gasteiger partial charge in [0.05, 0.1) is 10.6 Å². The standard InChI is InChI=1S/C19H19N3O3S/c1-10-8-11(2)14(12(3)9-10)19(6-5-7-20-19)16(23)15-13(4)21-17(26-15)22-18(24)25/h5-9H,1-4H3,(H,21,22)(H,24,25). The summed E-state index contributed by atoms with van der Waals surface area (Å²) in [6.07, 6.45) is 3.98. The number of nitrogens with zero attached hydrogens (tertiary/aromatic N) is 2. The Morgan fingerprint density at radius 3 is 2.35 bits per heavy atom. The van der Waals surface area contributed by atoms with Crippen LogP contribution >= 0.6 is 11.3 Å². The molecule has 1 aromatic carbocycles. The lowest BCUT2D eigenvalue weighted by Crippen LogP contribution is -2.32. The van der Waals surface area contributed by atoms with Gasteiger partial charge in [0.1, 0.15) is 0 Å². The van der Waals surface area contributed by atoms with E-state index in [-0.39, 0.29) is 10.9 Å². The first-order valence-electron chi connectivity index (χ1n) is 8.08. The number of carbonyl (C=O) groups excluding carboxylic acids is 1. The van der Waals surface area contributed by atoms with Crippen molar-refractivity contribution < 1.29 is 14.7 Å². The van der Waals surface area contributed by atoms with E-state index in [1.807, 2.05) is 32.9 Å². The molecule has 1 amide bonds. The van der Waals surface area contributed by atoms with Crippen molar-refractivity contribution >= 4 is 34.6 Å². The van der Waals surface area contributed by atoms with E-state index < -0.39 is 11.6 Å². The van der Waals surface area contributed by atoms with Crippen molar-refractivity contribution in [3.63, 3.8) is 0 Å². The van der Waals surface area contributed by atoms with Gasteiger partial charge < -0.3 is 5.11 Å². The largest absolute Gasteiger partial charge is 0.465 e. The van der Waals surface area contributed by atoms with Gasteiger partial charge in [0.25, 0.3) is 0 Å². The van der Waals surface area contributed by atoms with Gasteiger partial charge in [-0.2, -0.15) is 0 Å². The van der Waals surface area contributed by atoms with Gasteiger partial charge in [-0.25, -0.2) is 9.78 Å². The highest BCUT2D eigenvalue weighted by atomic mass is 32.1. The Balaban J connectivity index is 2.14. The number of hydrogen-bond donors (Lipinski definition) is 2. The minimum atomic E-state index is -1.21. The molecule has 1 unspecified atom stereocenters. The molecule has 7 heteroatoms. The number of allylic oxidation sites excluding steroid dienone is 1. The molecule has 1 aromatic heterocycles. The van der Waals surface area contributed by atoms with Crippen molar-refractivity contribution in [3.8, 4) is 0 Å². The maximum atomic E-state index is 13.5. The zero-order chi connectivity index (χ0) is 19.1. The molecule has 2 N–H and O–H groups in total. The molecule has 0 spiro atoms. The molecule has 134 valence electrons. The predicted molar refractivity (Wildman–Crippen MR) is 103 cm³/mol. The molecule has 0 radical (unpaired) electrons. The lowest BCUT2D eigenvalue weighted by Gasteiger charge is -2.27. The molecule has 0 saturated heterocycles. The first kappa shape index (κ1) is 18.0. The van der Waals surface area contributed by atoms with Crippen LogP contribution in [0.3, 0.4) is 0 Å². The molecule has 2 heterocycles. The van der Waals surface area contributed by atoms with Crippen LogP contribution in [0.1, 0.15) is 37.6 Å². The normalized spacial score (nSPS) is 18.3. The second-order valence-electron chi connectivity index (χ2n) is 6.37. The third-order valence-electron chi connectivity index (χ3n) is 4.32. The SMILES string of the molecule is Cc1cc(C)c(C2(C(=O)c3sc(NC(=O)O)nc3C)C=CC=N2)c(C)c1. The van der Waals surface area contributed by atoms with Gasteiger partial charge >= 0.3 is 6.09 Å². The van der Waals surface area contributed by atoms with Crippen LogP contribution in [0.2, 0.25) is 0 Å². The average molecular weight is 369 g/mol. The quantitative estimate of drug-likeness (QED) is 0.791. The first-order chi connectivity index (χ1) is 12.2. The minimum Gasteiger partial charge on any atom is -0.465 e. The number of nitrogens with one attached hydrogen (secondary N) is 1. The minimum absolute atomic E-state index is 0.178. The number of thiazole rings is 1. The van der Waals surface area contributed by atoms with Crippen molar-refractivity contribution in [1.29, 1.82) is 0 Å². The Hall–Kier alpha value is -2.80. The molecule has 0 saturated carbocycles. The Bertz CT molecular complexity index is 937. The summed E-state index contributed by atoms with van der Waals surface area (Å²) < 4.78 is 0. The lowest BCUT2D eigenvalue weighted by atomic mass is 9.80. The number of aromatic nitrogens is 1. The maximum absolute atomic E-state index is 13.5. The number of benzene rings is 1. The highest BCUT2D eigenvalue weighted by Gasteiger charge is 2.43. The van der Waals surface area contributed by atoms with E-state index in [0.29, 0.717) is 10.6 Å². The fourth-order valence-electron chi connectivity index (χ4n) is 3.49. The number of carbonyl (C=O) groups is 2. The summed E-state index contributed by atoms with van der Waals surface area (Å²) in [4.78, 5) is 33.5. The number of hydrogen-bond acceptors (Lipinski definition) is 5. The van der Waals surface area contributed by atoms with Gasteiger partial charge in [-0.1, -0.05) is 29.0 Å². The summed E-state index contributed by atoms with van der Waals surface area (Å²) in [6.45, 7) is 7.66. The summed E-state index contributed by atoms with van der Waals surface area (Å²) in [5, 5.41) is 11.3. The molecule has 6 nitrogen and oxygen atoms in total. The number of anilines is 1. The fourth-order valence-corrected chi connectivity index (χ4v) is 4.44. The van der Waals surface area contributed by atoms with Crippen molar-refractivity contribution in [1.82, 2.24) is 4.98 Å². The lowest BCUT2D eigenvalue weighted by molar-refractivity contribution is 0.0925. The number of aryl methyl sites for hydroxylation is 4.